The number of rotatable bonds is 5. The fourth-order valence-corrected chi connectivity index (χ4v) is 5.11. The highest BCUT2D eigenvalue weighted by molar-refractivity contribution is 6.30. The summed E-state index contributed by atoms with van der Waals surface area (Å²) in [5.74, 6) is 0.197. The van der Waals surface area contributed by atoms with Crippen LogP contribution in [-0.2, 0) is 11.3 Å². The molecule has 2 amide bonds. The van der Waals surface area contributed by atoms with Gasteiger partial charge < -0.3 is 19.8 Å². The van der Waals surface area contributed by atoms with Gasteiger partial charge in [0.05, 0.1) is 0 Å². The highest BCUT2D eigenvalue weighted by Crippen LogP contribution is 2.27. The van der Waals surface area contributed by atoms with E-state index in [0.29, 0.717) is 6.54 Å². The van der Waals surface area contributed by atoms with Gasteiger partial charge in [0.25, 0.3) is 0 Å². The van der Waals surface area contributed by atoms with Crippen molar-refractivity contribution in [1.82, 2.24) is 9.80 Å². The van der Waals surface area contributed by atoms with E-state index in [4.69, 9.17) is 11.6 Å². The van der Waals surface area contributed by atoms with Gasteiger partial charge >= 0.3 is 6.09 Å². The molecule has 2 aliphatic rings. The minimum absolute atomic E-state index is 0.0135. The molecule has 182 valence electrons. The van der Waals surface area contributed by atoms with Crippen LogP contribution in [0.1, 0.15) is 25.3 Å². The average molecular weight is 485 g/mol. The molecule has 2 heterocycles. The zero-order valence-electron chi connectivity index (χ0n) is 19.9. The van der Waals surface area contributed by atoms with E-state index in [1.807, 2.05) is 50.4 Å². The molecule has 0 spiro atoms. The lowest BCUT2D eigenvalue weighted by molar-refractivity contribution is -0.122. The van der Waals surface area contributed by atoms with Crippen LogP contribution >= 0.6 is 11.6 Å². The van der Waals surface area contributed by atoms with Crippen LogP contribution in [0.15, 0.2) is 48.5 Å². The first-order valence-corrected chi connectivity index (χ1v) is 12.3. The van der Waals surface area contributed by atoms with Gasteiger partial charge in [0.1, 0.15) is 0 Å². The summed E-state index contributed by atoms with van der Waals surface area (Å²) in [5.41, 5.74) is 3.22. The third kappa shape index (κ3) is 5.65. The normalized spacial score (nSPS) is 19.8. The van der Waals surface area contributed by atoms with Crippen molar-refractivity contribution in [1.29, 1.82) is 0 Å². The smallest absolute Gasteiger partial charge is 0.407 e. The fourth-order valence-electron chi connectivity index (χ4n) is 4.98. The number of carboxylic acid groups (broad SMARTS) is 1. The minimum Gasteiger partial charge on any atom is -0.465 e. The average Bonchev–Trinajstić information content (AvgIpc) is 2.84. The van der Waals surface area contributed by atoms with E-state index in [1.165, 1.54) is 4.90 Å². The standard InChI is InChI=1S/C26H33ClN4O3/c1-19-17-29(15-16-31(19)26(33)34)18-20-3-7-23(8-4-20)28(2)25(32)21-11-13-30(14-12-21)24-9-5-22(27)6-10-24/h3-10,19,21H,11-18H2,1-2H3,(H,33,34)/t19-/m0/s1. The van der Waals surface area contributed by atoms with Crippen molar-refractivity contribution in [2.75, 3.05) is 49.6 Å². The highest BCUT2D eigenvalue weighted by atomic mass is 35.5. The van der Waals surface area contributed by atoms with Crippen LogP contribution in [0.3, 0.4) is 0 Å². The van der Waals surface area contributed by atoms with Crippen LogP contribution in [0.2, 0.25) is 5.02 Å². The van der Waals surface area contributed by atoms with Gasteiger partial charge in [-0.2, -0.15) is 0 Å². The molecular weight excluding hydrogens is 452 g/mol. The third-order valence-corrected chi connectivity index (χ3v) is 7.31. The maximum atomic E-state index is 13.1. The quantitative estimate of drug-likeness (QED) is 0.681. The number of amides is 2. The van der Waals surface area contributed by atoms with E-state index in [2.05, 4.69) is 21.9 Å². The Bertz CT molecular complexity index is 990. The molecule has 1 atom stereocenters. The number of hydrogen-bond donors (Lipinski definition) is 1. The van der Waals surface area contributed by atoms with E-state index in [1.54, 1.807) is 4.90 Å². The number of benzene rings is 2. The molecule has 0 unspecified atom stereocenters. The largest absolute Gasteiger partial charge is 0.465 e. The van der Waals surface area contributed by atoms with E-state index in [-0.39, 0.29) is 17.9 Å². The number of nitrogens with zero attached hydrogens (tertiary/aromatic N) is 4. The number of carbonyl (C=O) groups excluding carboxylic acids is 1. The van der Waals surface area contributed by atoms with Gasteiger partial charge in [-0.25, -0.2) is 4.79 Å². The monoisotopic (exact) mass is 484 g/mol. The molecule has 0 aromatic heterocycles. The molecule has 1 N–H and O–H groups in total. The van der Waals surface area contributed by atoms with Gasteiger partial charge in [-0.1, -0.05) is 23.7 Å². The molecular formula is C26H33ClN4O3. The fraction of sp³-hybridized carbons (Fsp3) is 0.462. The number of hydrogen-bond acceptors (Lipinski definition) is 4. The number of piperidine rings is 1. The van der Waals surface area contributed by atoms with Crippen LogP contribution in [0.25, 0.3) is 0 Å². The van der Waals surface area contributed by atoms with E-state index >= 15 is 0 Å². The molecule has 2 aromatic carbocycles. The highest BCUT2D eigenvalue weighted by Gasteiger charge is 2.29. The van der Waals surface area contributed by atoms with Crippen molar-refractivity contribution < 1.29 is 14.7 Å². The first-order chi connectivity index (χ1) is 16.3. The van der Waals surface area contributed by atoms with Gasteiger partial charge in [-0.05, 0) is 61.7 Å². The van der Waals surface area contributed by atoms with Crippen molar-refractivity contribution >= 4 is 35.0 Å². The Kier molecular flexibility index (Phi) is 7.63. The maximum absolute atomic E-state index is 13.1. The molecule has 0 bridgehead atoms. The molecule has 7 nitrogen and oxygen atoms in total. The SMILES string of the molecule is C[C@H]1CN(Cc2ccc(N(C)C(=O)C3CCN(c4ccc(Cl)cc4)CC3)cc2)CCN1C(=O)O. The lowest BCUT2D eigenvalue weighted by atomic mass is 9.94. The van der Waals surface area contributed by atoms with Crippen molar-refractivity contribution in [2.24, 2.45) is 5.92 Å². The summed E-state index contributed by atoms with van der Waals surface area (Å²) >= 11 is 6.00. The minimum atomic E-state index is -0.847. The summed E-state index contributed by atoms with van der Waals surface area (Å²) in [6, 6.07) is 16.0. The van der Waals surface area contributed by atoms with Crippen LogP contribution in [0.4, 0.5) is 16.2 Å². The van der Waals surface area contributed by atoms with Gasteiger partial charge in [0, 0.05) is 74.7 Å². The summed E-state index contributed by atoms with van der Waals surface area (Å²) in [6.45, 7) is 6.43. The predicted molar refractivity (Wildman–Crippen MR) is 136 cm³/mol. The van der Waals surface area contributed by atoms with E-state index in [9.17, 15) is 14.7 Å². The topological polar surface area (TPSA) is 67.3 Å². The Labute approximate surface area is 206 Å². The van der Waals surface area contributed by atoms with Crippen LogP contribution in [0.5, 0.6) is 0 Å². The van der Waals surface area contributed by atoms with Crippen LogP contribution in [-0.4, -0.2) is 72.7 Å². The molecule has 4 rings (SSSR count). The Morgan fingerprint density at radius 1 is 1.00 bits per heavy atom. The second-order valence-electron chi connectivity index (χ2n) is 9.36. The second-order valence-corrected chi connectivity index (χ2v) is 9.80. The Morgan fingerprint density at radius 3 is 2.24 bits per heavy atom. The number of anilines is 2. The van der Waals surface area contributed by atoms with E-state index in [0.717, 1.165) is 67.5 Å². The van der Waals surface area contributed by atoms with E-state index < -0.39 is 6.09 Å². The Hall–Kier alpha value is -2.77. The zero-order chi connectivity index (χ0) is 24.2. The van der Waals surface area contributed by atoms with Gasteiger partial charge in [0.15, 0.2) is 0 Å². The van der Waals surface area contributed by atoms with Crippen molar-refractivity contribution in [2.45, 2.75) is 32.4 Å². The Balaban J connectivity index is 1.28. The molecule has 34 heavy (non-hydrogen) atoms. The van der Waals surface area contributed by atoms with Crippen molar-refractivity contribution in [3.05, 3.63) is 59.1 Å². The lowest BCUT2D eigenvalue weighted by Crippen LogP contribution is -2.53. The number of carbonyl (C=O) groups is 2. The summed E-state index contributed by atoms with van der Waals surface area (Å²) in [6.07, 6.45) is 0.828. The van der Waals surface area contributed by atoms with Crippen LogP contribution in [0, 0.1) is 5.92 Å². The Morgan fingerprint density at radius 2 is 1.65 bits per heavy atom. The van der Waals surface area contributed by atoms with Crippen LogP contribution < -0.4 is 9.80 Å². The predicted octanol–water partition coefficient (Wildman–Crippen LogP) is 4.40. The van der Waals surface area contributed by atoms with Gasteiger partial charge in [0.2, 0.25) is 5.91 Å². The summed E-state index contributed by atoms with van der Waals surface area (Å²) in [4.78, 5) is 32.3. The first-order valence-electron chi connectivity index (χ1n) is 11.9. The molecule has 2 saturated heterocycles. The molecule has 0 saturated carbocycles. The lowest BCUT2D eigenvalue weighted by Gasteiger charge is -2.38. The summed E-state index contributed by atoms with van der Waals surface area (Å²) in [7, 11) is 1.86. The third-order valence-electron chi connectivity index (χ3n) is 7.05. The first kappa shape index (κ1) is 24.4. The number of piperazine rings is 1. The van der Waals surface area contributed by atoms with Gasteiger partial charge in [-0.15, -0.1) is 0 Å². The summed E-state index contributed by atoms with van der Waals surface area (Å²) in [5, 5.41) is 9.98. The van der Waals surface area contributed by atoms with Crippen molar-refractivity contribution in [3.63, 3.8) is 0 Å². The maximum Gasteiger partial charge on any atom is 0.407 e. The molecule has 0 aliphatic carbocycles. The molecule has 2 aliphatic heterocycles. The zero-order valence-corrected chi connectivity index (χ0v) is 20.6. The van der Waals surface area contributed by atoms with Gasteiger partial charge in [-0.3, -0.25) is 9.69 Å². The number of halogens is 1. The molecule has 0 radical (unpaired) electrons. The summed E-state index contributed by atoms with van der Waals surface area (Å²) < 4.78 is 0. The second kappa shape index (κ2) is 10.7. The molecule has 2 aromatic rings. The molecule has 2 fully saturated rings. The molecule has 8 heteroatoms. The van der Waals surface area contributed by atoms with Crippen molar-refractivity contribution in [3.8, 4) is 0 Å².